The zero-order valence-corrected chi connectivity index (χ0v) is 18.0. The second-order valence-electron chi connectivity index (χ2n) is 8.97. The van der Waals surface area contributed by atoms with Crippen LogP contribution in [0.3, 0.4) is 0 Å². The number of aliphatic hydroxyl groups is 4. The molecule has 1 aliphatic carbocycles. The number of ether oxygens (including phenoxy) is 1. The van der Waals surface area contributed by atoms with Crippen molar-refractivity contribution in [1.82, 2.24) is 0 Å². The van der Waals surface area contributed by atoms with Gasteiger partial charge in [-0.05, 0) is 23.4 Å². The van der Waals surface area contributed by atoms with E-state index in [-0.39, 0.29) is 5.31 Å². The maximum Gasteiger partial charge on any atom is 0.121 e. The summed E-state index contributed by atoms with van der Waals surface area (Å²) in [6.07, 6.45) is 7.40. The van der Waals surface area contributed by atoms with E-state index >= 15 is 0 Å². The van der Waals surface area contributed by atoms with Gasteiger partial charge in [0.25, 0.3) is 0 Å². The van der Waals surface area contributed by atoms with E-state index in [1.54, 1.807) is 0 Å². The fourth-order valence-electron chi connectivity index (χ4n) is 4.70. The minimum absolute atomic E-state index is 0.210. The third-order valence-corrected chi connectivity index (χ3v) is 7.55. The van der Waals surface area contributed by atoms with Gasteiger partial charge >= 0.3 is 0 Å². The topological polar surface area (TPSA) is 90.2 Å². The molecule has 7 heteroatoms. The first-order valence-electron chi connectivity index (χ1n) is 11.1. The summed E-state index contributed by atoms with van der Waals surface area (Å²) in [5.41, 5.74) is 1.12. The summed E-state index contributed by atoms with van der Waals surface area (Å²) >= 11 is 1.47. The fourth-order valence-corrected chi connectivity index (χ4v) is 5.68. The van der Waals surface area contributed by atoms with Gasteiger partial charge in [0, 0.05) is 4.88 Å². The Kier molecular flexibility index (Phi) is 8.60. The molecular weight excluding hydrogens is 387 g/mol. The largest absolute Gasteiger partial charge is 0.394 e. The summed E-state index contributed by atoms with van der Waals surface area (Å²) in [5.74, 6) is 0. The summed E-state index contributed by atoms with van der Waals surface area (Å²) < 4.78 is 5.70. The van der Waals surface area contributed by atoms with E-state index in [2.05, 4.69) is 5.38 Å². The van der Waals surface area contributed by atoms with E-state index < -0.39 is 37.1 Å². The van der Waals surface area contributed by atoms with E-state index in [4.69, 9.17) is 12.6 Å². The zero-order valence-electron chi connectivity index (χ0n) is 17.2. The fraction of sp³-hybridized carbons (Fsp3) is 0.818. The van der Waals surface area contributed by atoms with Crippen molar-refractivity contribution in [3.63, 3.8) is 0 Å². The molecule has 2 heterocycles. The molecule has 0 spiro atoms. The third kappa shape index (κ3) is 6.05. The summed E-state index contributed by atoms with van der Waals surface area (Å²) in [5, 5.41) is 41.7. The maximum absolute atomic E-state index is 10.4. The van der Waals surface area contributed by atoms with Crippen LogP contribution in [-0.4, -0.2) is 59.3 Å². The first-order chi connectivity index (χ1) is 13.9. The van der Waals surface area contributed by atoms with E-state index in [0.29, 0.717) is 0 Å². The molecule has 1 saturated heterocycles. The van der Waals surface area contributed by atoms with Gasteiger partial charge in [0.1, 0.15) is 30.5 Å². The first kappa shape index (κ1) is 23.2. The Labute approximate surface area is 179 Å². The first-order valence-corrected chi connectivity index (χ1v) is 12.0. The summed E-state index contributed by atoms with van der Waals surface area (Å²) in [7, 11) is 6.85. The number of aliphatic hydroxyl groups excluding tert-OH is 4. The van der Waals surface area contributed by atoms with Crippen LogP contribution < -0.4 is 0 Å². The standard InChI is InChI=1S/C22H35BO5S/c23-22(9-7-5-3-1-2-4-6-8-10-22)12-15-11-17(29-14-15)21-20(27)19(26)18(25)16(13-24)28-21/h11,14,16,18-21,24-27H,1-10,12-13H2/t16-,18-,19+,20-,21+/m1/s1. The van der Waals surface area contributed by atoms with Crippen LogP contribution in [0.5, 0.6) is 0 Å². The average molecular weight is 422 g/mol. The van der Waals surface area contributed by atoms with Gasteiger partial charge in [0.05, 0.1) is 14.5 Å². The van der Waals surface area contributed by atoms with Crippen molar-refractivity contribution in [1.29, 1.82) is 0 Å². The van der Waals surface area contributed by atoms with Crippen molar-refractivity contribution in [2.45, 2.75) is 106 Å². The Morgan fingerprint density at radius 2 is 1.52 bits per heavy atom. The molecule has 1 saturated carbocycles. The van der Waals surface area contributed by atoms with Crippen LogP contribution in [0.1, 0.15) is 80.8 Å². The zero-order chi connectivity index (χ0) is 20.9. The lowest BCUT2D eigenvalue weighted by Crippen LogP contribution is -2.55. The van der Waals surface area contributed by atoms with Crippen molar-refractivity contribution >= 4 is 19.2 Å². The molecule has 0 aromatic carbocycles. The smallest absolute Gasteiger partial charge is 0.121 e. The number of hydrogen-bond acceptors (Lipinski definition) is 6. The molecule has 5 atom stereocenters. The highest BCUT2D eigenvalue weighted by Gasteiger charge is 2.44. The minimum Gasteiger partial charge on any atom is -0.394 e. The van der Waals surface area contributed by atoms with Gasteiger partial charge in [-0.2, -0.15) is 0 Å². The highest BCUT2D eigenvalue weighted by molar-refractivity contribution is 7.10. The molecule has 0 bridgehead atoms. The molecule has 2 radical (unpaired) electrons. The predicted octanol–water partition coefficient (Wildman–Crippen LogP) is 3.05. The van der Waals surface area contributed by atoms with Gasteiger partial charge in [-0.3, -0.25) is 0 Å². The van der Waals surface area contributed by atoms with Crippen LogP contribution in [0.4, 0.5) is 0 Å². The molecule has 5 nitrogen and oxygen atoms in total. The Morgan fingerprint density at radius 3 is 2.10 bits per heavy atom. The molecule has 29 heavy (non-hydrogen) atoms. The third-order valence-electron chi connectivity index (χ3n) is 6.50. The Bertz CT molecular complexity index is 610. The van der Waals surface area contributed by atoms with Crippen LogP contribution in [0.25, 0.3) is 0 Å². The molecule has 1 aliphatic heterocycles. The lowest BCUT2D eigenvalue weighted by atomic mass is 9.60. The molecule has 3 rings (SSSR count). The number of rotatable bonds is 4. The molecule has 0 amide bonds. The summed E-state index contributed by atoms with van der Waals surface area (Å²) in [6.45, 7) is -0.411. The van der Waals surface area contributed by atoms with Crippen molar-refractivity contribution in [3.8, 4) is 0 Å². The lowest BCUT2D eigenvalue weighted by molar-refractivity contribution is -0.230. The second kappa shape index (κ2) is 10.7. The van der Waals surface area contributed by atoms with Crippen LogP contribution in [0, 0.1) is 0 Å². The van der Waals surface area contributed by atoms with Crippen molar-refractivity contribution in [3.05, 3.63) is 21.9 Å². The number of thiophene rings is 1. The van der Waals surface area contributed by atoms with Gasteiger partial charge in [0.15, 0.2) is 0 Å². The van der Waals surface area contributed by atoms with Gasteiger partial charge in [0.2, 0.25) is 0 Å². The molecule has 2 fully saturated rings. The van der Waals surface area contributed by atoms with Gasteiger partial charge in [-0.1, -0.05) is 69.5 Å². The van der Waals surface area contributed by atoms with Crippen molar-refractivity contribution in [2.75, 3.05) is 6.61 Å². The lowest BCUT2D eigenvalue weighted by Gasteiger charge is -2.39. The SMILES string of the molecule is [B]C1(Cc2csc([C@@H]3O[C@H](CO)[C@@H](O)[C@H](O)[C@H]3O)c2)CCCCCCCCCC1. The van der Waals surface area contributed by atoms with Gasteiger partial charge in [-0.15, -0.1) is 11.3 Å². The van der Waals surface area contributed by atoms with E-state index in [0.717, 1.165) is 29.7 Å². The quantitative estimate of drug-likeness (QED) is 0.560. The molecule has 162 valence electrons. The monoisotopic (exact) mass is 422 g/mol. The van der Waals surface area contributed by atoms with E-state index in [9.17, 15) is 20.4 Å². The predicted molar refractivity (Wildman–Crippen MR) is 115 cm³/mol. The van der Waals surface area contributed by atoms with Crippen molar-refractivity contribution < 1.29 is 25.2 Å². The summed E-state index contributed by atoms with van der Waals surface area (Å²) in [6, 6.07) is 2.00. The van der Waals surface area contributed by atoms with Crippen LogP contribution in [0.2, 0.25) is 5.31 Å². The average Bonchev–Trinajstić information content (AvgIpc) is 3.13. The van der Waals surface area contributed by atoms with Crippen LogP contribution in [0.15, 0.2) is 11.4 Å². The van der Waals surface area contributed by atoms with Gasteiger partial charge < -0.3 is 25.2 Å². The van der Waals surface area contributed by atoms with E-state index in [1.807, 2.05) is 6.07 Å². The molecule has 2 aliphatic rings. The highest BCUT2D eigenvalue weighted by atomic mass is 32.1. The Morgan fingerprint density at radius 1 is 0.931 bits per heavy atom. The molecule has 4 N–H and O–H groups in total. The Hall–Kier alpha value is -0.435. The number of hydrogen-bond donors (Lipinski definition) is 4. The molecule has 1 aromatic rings. The normalized spacial score (nSPS) is 34.4. The Balaban J connectivity index is 1.67. The van der Waals surface area contributed by atoms with Crippen LogP contribution >= 0.6 is 11.3 Å². The van der Waals surface area contributed by atoms with Crippen molar-refractivity contribution in [2.24, 2.45) is 0 Å². The molecule has 0 unspecified atom stereocenters. The highest BCUT2D eigenvalue weighted by Crippen LogP contribution is 2.42. The van der Waals surface area contributed by atoms with Gasteiger partial charge in [-0.25, -0.2) is 0 Å². The second-order valence-corrected chi connectivity index (χ2v) is 9.92. The summed E-state index contributed by atoms with van der Waals surface area (Å²) in [4.78, 5) is 0.789. The van der Waals surface area contributed by atoms with E-state index in [1.165, 1.54) is 62.7 Å². The minimum atomic E-state index is -1.35. The molecular formula is C22H35BO5S. The molecule has 1 aromatic heterocycles. The maximum atomic E-state index is 10.4. The van der Waals surface area contributed by atoms with Crippen LogP contribution in [-0.2, 0) is 11.2 Å².